The Hall–Kier alpha value is -1.83. The Morgan fingerprint density at radius 2 is 1.91 bits per heavy atom. The van der Waals surface area contributed by atoms with E-state index in [1.807, 2.05) is 6.92 Å². The largest absolute Gasteiger partial charge is 0.390 e. The van der Waals surface area contributed by atoms with Gasteiger partial charge in [-0.3, -0.25) is 4.79 Å². The van der Waals surface area contributed by atoms with Gasteiger partial charge in [0.05, 0.1) is 17.0 Å². The van der Waals surface area contributed by atoms with Crippen LogP contribution in [0.15, 0.2) is 11.7 Å². The topological polar surface area (TPSA) is 58.7 Å². The highest BCUT2D eigenvalue weighted by Crippen LogP contribution is 2.40. The Morgan fingerprint density at radius 1 is 1.35 bits per heavy atom. The molecule has 0 aliphatic carbocycles. The Labute approximate surface area is 137 Å². The van der Waals surface area contributed by atoms with Crippen LogP contribution in [0.5, 0.6) is 0 Å². The van der Waals surface area contributed by atoms with Gasteiger partial charge in [0.15, 0.2) is 0 Å². The number of thiophene rings is 1. The second kappa shape index (κ2) is 7.16. The zero-order chi connectivity index (χ0) is 17.9. The molecule has 0 saturated heterocycles. The standard InChI is InChI=1S/C15H20F3N3OS/c1-8(2)12-9(3)13(10(4)20-19)23-14(12)21(11(5)22)7-6-15(16,17)18/h1,6-7,19H2,2-5H3/b20-10+. The average Bonchev–Trinajstić information content (AvgIpc) is 2.74. The van der Waals surface area contributed by atoms with Crippen LogP contribution in [0.25, 0.3) is 5.57 Å². The van der Waals surface area contributed by atoms with Gasteiger partial charge >= 0.3 is 6.18 Å². The summed E-state index contributed by atoms with van der Waals surface area (Å²) in [6.45, 7) is 9.96. The van der Waals surface area contributed by atoms with Crippen LogP contribution >= 0.6 is 11.3 Å². The molecule has 23 heavy (non-hydrogen) atoms. The summed E-state index contributed by atoms with van der Waals surface area (Å²) >= 11 is 1.20. The molecule has 1 heterocycles. The molecule has 1 aromatic heterocycles. The summed E-state index contributed by atoms with van der Waals surface area (Å²) in [7, 11) is 0. The number of hydrogen-bond donors (Lipinski definition) is 1. The van der Waals surface area contributed by atoms with Crippen LogP contribution in [-0.4, -0.2) is 24.3 Å². The van der Waals surface area contributed by atoms with E-state index < -0.39 is 25.0 Å². The van der Waals surface area contributed by atoms with Crippen molar-refractivity contribution in [1.82, 2.24) is 0 Å². The number of carbonyl (C=O) groups excluding carboxylic acids is 1. The van der Waals surface area contributed by atoms with E-state index in [0.717, 1.165) is 15.3 Å². The first-order valence-electron chi connectivity index (χ1n) is 6.88. The average molecular weight is 347 g/mol. The van der Waals surface area contributed by atoms with Gasteiger partial charge in [0.1, 0.15) is 5.00 Å². The second-order valence-corrected chi connectivity index (χ2v) is 6.27. The molecule has 2 N–H and O–H groups in total. The van der Waals surface area contributed by atoms with Crippen LogP contribution in [0, 0.1) is 6.92 Å². The normalized spacial score (nSPS) is 12.4. The number of alkyl halides is 3. The molecule has 0 bridgehead atoms. The molecule has 0 saturated carbocycles. The van der Waals surface area contributed by atoms with Crippen molar-refractivity contribution < 1.29 is 18.0 Å². The fourth-order valence-electron chi connectivity index (χ4n) is 2.24. The van der Waals surface area contributed by atoms with Gasteiger partial charge in [-0.15, -0.1) is 11.3 Å². The maximum atomic E-state index is 12.5. The predicted octanol–water partition coefficient (Wildman–Crippen LogP) is 4.08. The van der Waals surface area contributed by atoms with Crippen molar-refractivity contribution in [2.45, 2.75) is 40.3 Å². The molecule has 128 valence electrons. The van der Waals surface area contributed by atoms with E-state index in [2.05, 4.69) is 11.7 Å². The molecule has 1 amide bonds. The molecule has 0 unspecified atom stereocenters. The number of amides is 1. The minimum absolute atomic E-state index is 0.433. The number of hydrogen-bond acceptors (Lipinski definition) is 4. The third kappa shape index (κ3) is 4.57. The zero-order valence-corrected chi connectivity index (χ0v) is 14.4. The SMILES string of the molecule is C=C(C)c1c(N(CCC(F)(F)F)C(C)=O)sc(/C(C)=N/N)c1C. The lowest BCUT2D eigenvalue weighted by Crippen LogP contribution is -2.32. The van der Waals surface area contributed by atoms with Crippen molar-refractivity contribution in [3.63, 3.8) is 0 Å². The quantitative estimate of drug-likeness (QED) is 0.496. The van der Waals surface area contributed by atoms with E-state index in [9.17, 15) is 18.0 Å². The monoisotopic (exact) mass is 347 g/mol. The van der Waals surface area contributed by atoms with Crippen LogP contribution < -0.4 is 10.7 Å². The van der Waals surface area contributed by atoms with E-state index in [1.54, 1.807) is 13.8 Å². The third-order valence-corrected chi connectivity index (χ3v) is 4.74. The van der Waals surface area contributed by atoms with Crippen LogP contribution in [-0.2, 0) is 4.79 Å². The number of anilines is 1. The summed E-state index contributed by atoms with van der Waals surface area (Å²) in [6.07, 6.45) is -5.40. The number of hydrazone groups is 1. The lowest BCUT2D eigenvalue weighted by Gasteiger charge is -2.22. The number of carbonyl (C=O) groups is 1. The van der Waals surface area contributed by atoms with E-state index in [0.29, 0.717) is 21.8 Å². The molecule has 0 aliphatic rings. The predicted molar refractivity (Wildman–Crippen MR) is 88.9 cm³/mol. The molecule has 1 aromatic rings. The smallest absolute Gasteiger partial charge is 0.323 e. The molecular formula is C15H20F3N3OS. The van der Waals surface area contributed by atoms with Gasteiger partial charge in [0.2, 0.25) is 5.91 Å². The van der Waals surface area contributed by atoms with Gasteiger partial charge < -0.3 is 10.7 Å². The molecule has 0 aliphatic heterocycles. The Bertz CT molecular complexity index is 647. The highest BCUT2D eigenvalue weighted by Gasteiger charge is 2.31. The minimum atomic E-state index is -4.33. The van der Waals surface area contributed by atoms with Gasteiger partial charge in [-0.1, -0.05) is 6.58 Å². The van der Waals surface area contributed by atoms with Gasteiger partial charge in [-0.2, -0.15) is 18.3 Å². The number of halogens is 3. The number of nitrogens with zero attached hydrogens (tertiary/aromatic N) is 2. The molecule has 0 atom stereocenters. The Kier molecular flexibility index (Phi) is 5.98. The second-order valence-electron chi connectivity index (χ2n) is 5.27. The summed E-state index contributed by atoms with van der Waals surface area (Å²) in [5.41, 5.74) is 2.71. The minimum Gasteiger partial charge on any atom is -0.323 e. The van der Waals surface area contributed by atoms with Crippen molar-refractivity contribution in [2.75, 3.05) is 11.4 Å². The van der Waals surface area contributed by atoms with E-state index in [-0.39, 0.29) is 0 Å². The molecule has 0 fully saturated rings. The lowest BCUT2D eigenvalue weighted by atomic mass is 10.0. The summed E-state index contributed by atoms with van der Waals surface area (Å²) in [5.74, 6) is 4.85. The van der Waals surface area contributed by atoms with Gasteiger partial charge in [0.25, 0.3) is 0 Å². The highest BCUT2D eigenvalue weighted by atomic mass is 32.1. The highest BCUT2D eigenvalue weighted by molar-refractivity contribution is 7.18. The molecule has 1 rings (SSSR count). The first-order valence-corrected chi connectivity index (χ1v) is 7.70. The lowest BCUT2D eigenvalue weighted by molar-refractivity contribution is -0.133. The van der Waals surface area contributed by atoms with Gasteiger partial charge in [0, 0.05) is 19.0 Å². The number of rotatable bonds is 5. The molecule has 0 spiro atoms. The van der Waals surface area contributed by atoms with Crippen molar-refractivity contribution in [1.29, 1.82) is 0 Å². The summed E-state index contributed by atoms with van der Waals surface area (Å²) in [4.78, 5) is 13.8. The first-order chi connectivity index (χ1) is 10.5. The van der Waals surface area contributed by atoms with Gasteiger partial charge in [-0.05, 0) is 31.9 Å². The maximum absolute atomic E-state index is 12.5. The van der Waals surface area contributed by atoms with Crippen LogP contribution in [0.2, 0.25) is 0 Å². The van der Waals surface area contributed by atoms with Crippen LogP contribution in [0.3, 0.4) is 0 Å². The van der Waals surface area contributed by atoms with Crippen molar-refractivity contribution in [3.8, 4) is 0 Å². The van der Waals surface area contributed by atoms with E-state index in [4.69, 9.17) is 5.84 Å². The van der Waals surface area contributed by atoms with Crippen molar-refractivity contribution in [2.24, 2.45) is 10.9 Å². The first kappa shape index (κ1) is 19.2. The van der Waals surface area contributed by atoms with Crippen LogP contribution in [0.4, 0.5) is 18.2 Å². The third-order valence-electron chi connectivity index (χ3n) is 3.32. The Morgan fingerprint density at radius 3 is 2.30 bits per heavy atom. The number of nitrogens with two attached hydrogens (primary N) is 1. The summed E-state index contributed by atoms with van der Waals surface area (Å²) in [6, 6.07) is 0. The molecule has 0 radical (unpaired) electrons. The summed E-state index contributed by atoms with van der Waals surface area (Å²) in [5, 5.41) is 4.09. The fraction of sp³-hybridized carbons (Fsp3) is 0.467. The van der Waals surface area contributed by atoms with Crippen molar-refractivity contribution >= 4 is 33.5 Å². The summed E-state index contributed by atoms with van der Waals surface area (Å²) < 4.78 is 37.6. The van der Waals surface area contributed by atoms with E-state index >= 15 is 0 Å². The zero-order valence-electron chi connectivity index (χ0n) is 13.5. The molecule has 4 nitrogen and oxygen atoms in total. The van der Waals surface area contributed by atoms with Crippen molar-refractivity contribution in [3.05, 3.63) is 22.6 Å². The van der Waals surface area contributed by atoms with E-state index in [1.165, 1.54) is 18.3 Å². The number of allylic oxidation sites excluding steroid dienone is 1. The molecule has 0 aromatic carbocycles. The van der Waals surface area contributed by atoms with Crippen LogP contribution in [0.1, 0.15) is 43.2 Å². The molecule has 8 heteroatoms. The molecular weight excluding hydrogens is 327 g/mol. The Balaban J connectivity index is 3.41. The van der Waals surface area contributed by atoms with Gasteiger partial charge in [-0.25, -0.2) is 0 Å². The maximum Gasteiger partial charge on any atom is 0.390 e. The fourth-order valence-corrected chi connectivity index (χ4v) is 3.64.